The van der Waals surface area contributed by atoms with Crippen LogP contribution in [0, 0.1) is 17.1 Å². The second kappa shape index (κ2) is 7.04. The molecular weight excluding hydrogens is 315 g/mol. The Morgan fingerprint density at radius 1 is 1.46 bits per heavy atom. The summed E-state index contributed by atoms with van der Waals surface area (Å²) < 4.78 is 29.3. The summed E-state index contributed by atoms with van der Waals surface area (Å²) in [5.74, 6) is -1.77. The van der Waals surface area contributed by atoms with Crippen molar-refractivity contribution in [1.29, 1.82) is 5.26 Å². The number of esters is 1. The number of carbonyl (C=O) groups excluding carboxylic acids is 1. The fraction of sp³-hybridized carbons (Fsp3) is 0.294. The number of rotatable bonds is 4. The van der Waals surface area contributed by atoms with Crippen LogP contribution in [-0.2, 0) is 14.3 Å². The van der Waals surface area contributed by atoms with Crippen LogP contribution < -0.4 is 10.5 Å². The van der Waals surface area contributed by atoms with Crippen molar-refractivity contribution in [3.8, 4) is 11.8 Å². The van der Waals surface area contributed by atoms with Gasteiger partial charge in [0.1, 0.15) is 29.0 Å². The summed E-state index contributed by atoms with van der Waals surface area (Å²) in [4.78, 5) is 12.3. The third-order valence-electron chi connectivity index (χ3n) is 3.56. The summed E-state index contributed by atoms with van der Waals surface area (Å²) >= 11 is 0. The van der Waals surface area contributed by atoms with Crippen LogP contribution in [0.5, 0.6) is 5.75 Å². The normalized spacial score (nSPS) is 17.2. The highest BCUT2D eigenvalue weighted by Gasteiger charge is 2.36. The zero-order chi connectivity index (χ0) is 17.9. The van der Waals surface area contributed by atoms with Gasteiger partial charge >= 0.3 is 5.97 Å². The molecule has 1 aromatic carbocycles. The maximum absolute atomic E-state index is 13.9. The quantitative estimate of drug-likeness (QED) is 0.851. The standard InChI is InChI=1S/C17H17FN2O4/c1-4-23-17(21)14-9(2)24-16(20)13(8-19)15(14)10-5-11(18)7-12(6-10)22-3/h5-7,15H,4,20H2,1-3H3. The highest BCUT2D eigenvalue weighted by atomic mass is 19.1. The highest BCUT2D eigenvalue weighted by Crippen LogP contribution is 2.40. The van der Waals surface area contributed by atoms with Crippen molar-refractivity contribution in [2.45, 2.75) is 19.8 Å². The Balaban J connectivity index is 2.67. The van der Waals surface area contributed by atoms with Crippen molar-refractivity contribution in [3.63, 3.8) is 0 Å². The molecule has 1 unspecified atom stereocenters. The molecule has 0 saturated heterocycles. The van der Waals surface area contributed by atoms with Gasteiger partial charge in [-0.25, -0.2) is 9.18 Å². The molecule has 1 atom stereocenters. The monoisotopic (exact) mass is 332 g/mol. The van der Waals surface area contributed by atoms with E-state index in [9.17, 15) is 14.4 Å². The lowest BCUT2D eigenvalue weighted by atomic mass is 9.83. The van der Waals surface area contributed by atoms with Crippen LogP contribution in [0.2, 0.25) is 0 Å². The Bertz CT molecular complexity index is 777. The van der Waals surface area contributed by atoms with Crippen LogP contribution >= 0.6 is 0 Å². The van der Waals surface area contributed by atoms with Crippen molar-refractivity contribution in [3.05, 3.63) is 52.4 Å². The molecule has 7 heteroatoms. The number of hydrogen-bond donors (Lipinski definition) is 1. The van der Waals surface area contributed by atoms with E-state index in [4.69, 9.17) is 19.9 Å². The SMILES string of the molecule is CCOC(=O)C1=C(C)OC(N)=C(C#N)C1c1cc(F)cc(OC)c1. The molecule has 1 aliphatic rings. The first-order valence-electron chi connectivity index (χ1n) is 7.22. The molecule has 0 radical (unpaired) electrons. The molecular formula is C17H17FN2O4. The molecule has 0 fully saturated rings. The lowest BCUT2D eigenvalue weighted by molar-refractivity contribution is -0.139. The Hall–Kier alpha value is -3.01. The molecule has 0 amide bonds. The van der Waals surface area contributed by atoms with Crippen LogP contribution in [0.1, 0.15) is 25.3 Å². The van der Waals surface area contributed by atoms with E-state index in [0.29, 0.717) is 5.56 Å². The van der Waals surface area contributed by atoms with Gasteiger partial charge in [0, 0.05) is 6.07 Å². The van der Waals surface area contributed by atoms with Crippen molar-refractivity contribution in [2.75, 3.05) is 13.7 Å². The molecule has 0 bridgehead atoms. The molecule has 0 aliphatic carbocycles. The molecule has 24 heavy (non-hydrogen) atoms. The number of carbonyl (C=O) groups is 1. The topological polar surface area (TPSA) is 94.6 Å². The largest absolute Gasteiger partial charge is 0.497 e. The van der Waals surface area contributed by atoms with Gasteiger partial charge in [-0.3, -0.25) is 0 Å². The minimum Gasteiger partial charge on any atom is -0.497 e. The summed E-state index contributed by atoms with van der Waals surface area (Å²) in [6.45, 7) is 3.35. The number of allylic oxidation sites excluding steroid dienone is 2. The average molecular weight is 332 g/mol. The first-order chi connectivity index (χ1) is 11.4. The Morgan fingerprint density at radius 3 is 2.75 bits per heavy atom. The van der Waals surface area contributed by atoms with E-state index >= 15 is 0 Å². The summed E-state index contributed by atoms with van der Waals surface area (Å²) in [6.07, 6.45) is 0. The van der Waals surface area contributed by atoms with Crippen LogP contribution in [0.15, 0.2) is 41.0 Å². The Labute approximate surface area is 138 Å². The van der Waals surface area contributed by atoms with E-state index in [0.717, 1.165) is 0 Å². The van der Waals surface area contributed by atoms with Crippen LogP contribution in [0.3, 0.4) is 0 Å². The molecule has 2 rings (SSSR count). The molecule has 0 spiro atoms. The van der Waals surface area contributed by atoms with Crippen LogP contribution in [-0.4, -0.2) is 19.7 Å². The molecule has 0 saturated carbocycles. The fourth-order valence-electron chi connectivity index (χ4n) is 2.56. The number of hydrogen-bond acceptors (Lipinski definition) is 6. The van der Waals surface area contributed by atoms with Crippen LogP contribution in [0.4, 0.5) is 4.39 Å². The second-order valence-electron chi connectivity index (χ2n) is 5.04. The first kappa shape index (κ1) is 17.3. The molecule has 0 aromatic heterocycles. The highest BCUT2D eigenvalue weighted by molar-refractivity contribution is 5.92. The van der Waals surface area contributed by atoms with Crippen molar-refractivity contribution in [1.82, 2.24) is 0 Å². The van der Waals surface area contributed by atoms with Gasteiger partial charge in [-0.05, 0) is 31.5 Å². The Morgan fingerprint density at radius 2 is 2.17 bits per heavy atom. The third kappa shape index (κ3) is 3.18. The molecule has 126 valence electrons. The van der Waals surface area contributed by atoms with Gasteiger partial charge < -0.3 is 19.9 Å². The van der Waals surface area contributed by atoms with Gasteiger partial charge in [0.05, 0.1) is 25.2 Å². The van der Waals surface area contributed by atoms with Crippen molar-refractivity contribution in [2.24, 2.45) is 5.73 Å². The summed E-state index contributed by atoms with van der Waals surface area (Å²) in [5, 5.41) is 9.44. The summed E-state index contributed by atoms with van der Waals surface area (Å²) in [5.41, 5.74) is 6.24. The van der Waals surface area contributed by atoms with Gasteiger partial charge in [-0.15, -0.1) is 0 Å². The van der Waals surface area contributed by atoms with Crippen molar-refractivity contribution >= 4 is 5.97 Å². The molecule has 6 nitrogen and oxygen atoms in total. The number of nitrogens with zero attached hydrogens (tertiary/aromatic N) is 1. The minimum absolute atomic E-state index is 0.0105. The van der Waals surface area contributed by atoms with Gasteiger partial charge in [0.2, 0.25) is 5.88 Å². The van der Waals surface area contributed by atoms with Gasteiger partial charge in [-0.2, -0.15) is 5.26 Å². The summed E-state index contributed by atoms with van der Waals surface area (Å²) in [7, 11) is 1.39. The van der Waals surface area contributed by atoms with E-state index in [1.54, 1.807) is 6.92 Å². The summed E-state index contributed by atoms with van der Waals surface area (Å²) in [6, 6.07) is 5.88. The number of halogens is 1. The maximum Gasteiger partial charge on any atom is 0.338 e. The third-order valence-corrected chi connectivity index (χ3v) is 3.56. The van der Waals surface area contributed by atoms with Gasteiger partial charge in [0.25, 0.3) is 0 Å². The minimum atomic E-state index is -0.896. The van der Waals surface area contributed by atoms with E-state index < -0.39 is 17.7 Å². The zero-order valence-electron chi connectivity index (χ0n) is 13.6. The lowest BCUT2D eigenvalue weighted by Gasteiger charge is -2.27. The maximum atomic E-state index is 13.9. The van der Waals surface area contributed by atoms with E-state index in [1.807, 2.05) is 6.07 Å². The van der Waals surface area contributed by atoms with Crippen molar-refractivity contribution < 1.29 is 23.4 Å². The molecule has 1 aliphatic heterocycles. The van der Waals surface area contributed by atoms with Gasteiger partial charge in [0.15, 0.2) is 0 Å². The molecule has 2 N–H and O–H groups in total. The first-order valence-corrected chi connectivity index (χ1v) is 7.22. The predicted octanol–water partition coefficient (Wildman–Crippen LogP) is 2.48. The fourth-order valence-corrected chi connectivity index (χ4v) is 2.56. The predicted molar refractivity (Wildman–Crippen MR) is 82.9 cm³/mol. The molecule has 1 heterocycles. The van der Waals surface area contributed by atoms with E-state index in [-0.39, 0.29) is 35.1 Å². The lowest BCUT2D eigenvalue weighted by Crippen LogP contribution is -2.25. The number of methoxy groups -OCH3 is 1. The van der Waals surface area contributed by atoms with E-state index in [2.05, 4.69) is 0 Å². The van der Waals surface area contributed by atoms with E-state index in [1.165, 1.54) is 32.2 Å². The molecule has 1 aromatic rings. The Kier molecular flexibility index (Phi) is 5.09. The van der Waals surface area contributed by atoms with Crippen LogP contribution in [0.25, 0.3) is 0 Å². The number of nitriles is 1. The zero-order valence-corrected chi connectivity index (χ0v) is 13.6. The number of nitrogens with two attached hydrogens (primary N) is 1. The number of benzene rings is 1. The number of ether oxygens (including phenoxy) is 3. The van der Waals surface area contributed by atoms with Gasteiger partial charge in [-0.1, -0.05) is 0 Å². The average Bonchev–Trinajstić information content (AvgIpc) is 2.53. The second-order valence-corrected chi connectivity index (χ2v) is 5.04. The smallest absolute Gasteiger partial charge is 0.338 e.